The van der Waals surface area contributed by atoms with Gasteiger partial charge in [-0.3, -0.25) is 14.5 Å². The molecule has 1 fully saturated rings. The average molecular weight is 448 g/mol. The highest BCUT2D eigenvalue weighted by molar-refractivity contribution is 7.21. The molecule has 32 heavy (non-hydrogen) atoms. The Bertz CT molecular complexity index is 1400. The van der Waals surface area contributed by atoms with Gasteiger partial charge in [0.05, 0.1) is 10.3 Å². The van der Waals surface area contributed by atoms with Crippen LogP contribution in [-0.2, 0) is 6.54 Å². The third-order valence-electron chi connectivity index (χ3n) is 6.11. The molecule has 4 aromatic rings. The van der Waals surface area contributed by atoms with Crippen molar-refractivity contribution in [3.05, 3.63) is 69.3 Å². The molecule has 1 N–H and O–H groups in total. The number of hydrogen-bond donors (Lipinski definition) is 1. The first-order valence-corrected chi connectivity index (χ1v) is 11.4. The molecule has 0 radical (unpaired) electrons. The number of aromatic amines is 1. The first-order chi connectivity index (χ1) is 15.7. The lowest BCUT2D eigenvalue weighted by atomic mass is 10.1. The molecule has 1 saturated heterocycles. The zero-order valence-electron chi connectivity index (χ0n) is 17.3. The highest BCUT2D eigenvalue weighted by atomic mass is 32.1. The fourth-order valence-corrected chi connectivity index (χ4v) is 5.57. The predicted molar refractivity (Wildman–Crippen MR) is 124 cm³/mol. The largest absolute Gasteiger partial charge is 0.454 e. The third kappa shape index (κ3) is 3.32. The van der Waals surface area contributed by atoms with E-state index in [4.69, 9.17) is 9.47 Å². The van der Waals surface area contributed by atoms with E-state index >= 15 is 0 Å². The van der Waals surface area contributed by atoms with Crippen LogP contribution in [0.1, 0.15) is 15.2 Å². The van der Waals surface area contributed by atoms with E-state index in [9.17, 15) is 9.59 Å². The minimum absolute atomic E-state index is 0.00240. The fraction of sp³-hybridized carbons (Fsp3) is 0.250. The second-order valence-electron chi connectivity index (χ2n) is 8.11. The Morgan fingerprint density at radius 2 is 1.78 bits per heavy atom. The molecular weight excluding hydrogens is 426 g/mol. The van der Waals surface area contributed by atoms with E-state index in [-0.39, 0.29) is 18.3 Å². The maximum Gasteiger partial charge on any atom is 0.264 e. The van der Waals surface area contributed by atoms with Crippen LogP contribution in [0, 0.1) is 0 Å². The first-order valence-electron chi connectivity index (χ1n) is 10.6. The van der Waals surface area contributed by atoms with Gasteiger partial charge in [-0.1, -0.05) is 24.3 Å². The molecule has 7 nitrogen and oxygen atoms in total. The van der Waals surface area contributed by atoms with Crippen LogP contribution in [0.5, 0.6) is 11.5 Å². The average Bonchev–Trinajstić information content (AvgIpc) is 3.47. The number of piperazine rings is 1. The summed E-state index contributed by atoms with van der Waals surface area (Å²) in [6.45, 7) is 4.01. The van der Waals surface area contributed by atoms with Gasteiger partial charge in [0.1, 0.15) is 0 Å². The molecule has 4 heterocycles. The summed E-state index contributed by atoms with van der Waals surface area (Å²) in [6, 6.07) is 15.5. The van der Waals surface area contributed by atoms with Crippen LogP contribution in [0.3, 0.4) is 0 Å². The number of ether oxygens (including phenoxy) is 2. The monoisotopic (exact) mass is 447 g/mol. The lowest BCUT2D eigenvalue weighted by Crippen LogP contribution is -2.48. The van der Waals surface area contributed by atoms with Crippen molar-refractivity contribution in [2.24, 2.45) is 0 Å². The first kappa shape index (κ1) is 19.3. The minimum Gasteiger partial charge on any atom is -0.454 e. The van der Waals surface area contributed by atoms with E-state index in [1.54, 1.807) is 6.07 Å². The number of fused-ring (bicyclic) bond motifs is 4. The molecule has 6 rings (SSSR count). The highest BCUT2D eigenvalue weighted by Crippen LogP contribution is 2.33. The maximum absolute atomic E-state index is 13.2. The zero-order valence-corrected chi connectivity index (χ0v) is 18.1. The molecule has 2 aliphatic heterocycles. The number of nitrogens with one attached hydrogen (secondary N) is 1. The number of hydrogen-bond acceptors (Lipinski definition) is 6. The highest BCUT2D eigenvalue weighted by Gasteiger charge is 2.25. The van der Waals surface area contributed by atoms with Crippen molar-refractivity contribution in [1.29, 1.82) is 0 Å². The molecular formula is C24H21N3O4S. The Morgan fingerprint density at radius 1 is 0.969 bits per heavy atom. The van der Waals surface area contributed by atoms with Crippen LogP contribution in [0.15, 0.2) is 53.3 Å². The molecule has 162 valence electrons. The number of H-pyrrole nitrogens is 1. The van der Waals surface area contributed by atoms with E-state index in [0.717, 1.165) is 46.7 Å². The molecule has 0 spiro atoms. The van der Waals surface area contributed by atoms with Crippen LogP contribution < -0.4 is 15.0 Å². The molecule has 0 bridgehead atoms. The number of para-hydroxylation sites is 1. The number of carbonyl (C=O) groups excluding carboxylic acids is 1. The quantitative estimate of drug-likeness (QED) is 0.521. The number of amides is 1. The van der Waals surface area contributed by atoms with E-state index < -0.39 is 0 Å². The summed E-state index contributed by atoms with van der Waals surface area (Å²) in [7, 11) is 0. The summed E-state index contributed by atoms with van der Waals surface area (Å²) >= 11 is 1.41. The molecule has 1 amide bonds. The molecule has 2 aromatic carbocycles. The number of pyridine rings is 1. The SMILES string of the molecule is O=C(c1cc2c(=O)[nH]c3ccccc3c2s1)N1CCN(Cc2ccc3c(c2)OCO3)CC1. The van der Waals surface area contributed by atoms with E-state index in [0.29, 0.717) is 23.4 Å². The Morgan fingerprint density at radius 3 is 2.66 bits per heavy atom. The van der Waals surface area contributed by atoms with Crippen molar-refractivity contribution in [1.82, 2.24) is 14.8 Å². The van der Waals surface area contributed by atoms with Crippen molar-refractivity contribution in [3.63, 3.8) is 0 Å². The number of benzene rings is 2. The number of rotatable bonds is 3. The van der Waals surface area contributed by atoms with Gasteiger partial charge >= 0.3 is 0 Å². The molecule has 0 unspecified atom stereocenters. The van der Waals surface area contributed by atoms with Crippen LogP contribution in [-0.4, -0.2) is 53.7 Å². The molecule has 8 heteroatoms. The van der Waals surface area contributed by atoms with Gasteiger partial charge < -0.3 is 19.4 Å². The Kier molecular flexibility index (Phi) is 4.62. The number of aromatic nitrogens is 1. The Balaban J connectivity index is 1.17. The number of nitrogens with zero attached hydrogens (tertiary/aromatic N) is 2. The van der Waals surface area contributed by atoms with Crippen LogP contribution in [0.25, 0.3) is 21.0 Å². The molecule has 2 aromatic heterocycles. The van der Waals surface area contributed by atoms with Crippen molar-refractivity contribution in [2.45, 2.75) is 6.54 Å². The lowest BCUT2D eigenvalue weighted by Gasteiger charge is -2.34. The lowest BCUT2D eigenvalue weighted by molar-refractivity contribution is 0.0633. The maximum atomic E-state index is 13.2. The van der Waals surface area contributed by atoms with Gasteiger partial charge in [-0.2, -0.15) is 0 Å². The van der Waals surface area contributed by atoms with Crippen molar-refractivity contribution < 1.29 is 14.3 Å². The van der Waals surface area contributed by atoms with Gasteiger partial charge in [-0.25, -0.2) is 0 Å². The third-order valence-corrected chi connectivity index (χ3v) is 7.27. The fourth-order valence-electron chi connectivity index (χ4n) is 4.41. The molecule has 0 saturated carbocycles. The number of carbonyl (C=O) groups is 1. The summed E-state index contributed by atoms with van der Waals surface area (Å²) in [5.41, 5.74) is 1.81. The minimum atomic E-state index is -0.150. The zero-order chi connectivity index (χ0) is 21.7. The predicted octanol–water partition coefficient (Wildman–Crippen LogP) is 3.43. The van der Waals surface area contributed by atoms with Crippen LogP contribution >= 0.6 is 11.3 Å². The molecule has 0 atom stereocenters. The standard InChI is InChI=1S/C24H21N3O4S/c28-23-17-12-21(32-22(17)16-3-1-2-4-18(16)25-23)24(29)27-9-7-26(8-10-27)13-15-5-6-19-20(11-15)31-14-30-19/h1-6,11-12H,7-10,13-14H2,(H,25,28). The van der Waals surface area contributed by atoms with Gasteiger partial charge in [0.2, 0.25) is 6.79 Å². The molecule has 0 aliphatic carbocycles. The van der Waals surface area contributed by atoms with Crippen molar-refractivity contribution >= 4 is 38.2 Å². The van der Waals surface area contributed by atoms with Crippen LogP contribution in [0.2, 0.25) is 0 Å². The van der Waals surface area contributed by atoms with E-state index in [2.05, 4.69) is 16.0 Å². The number of thiophene rings is 1. The Hall–Kier alpha value is -3.36. The van der Waals surface area contributed by atoms with Gasteiger partial charge in [-0.15, -0.1) is 11.3 Å². The van der Waals surface area contributed by atoms with Crippen molar-refractivity contribution in [2.75, 3.05) is 33.0 Å². The second-order valence-corrected chi connectivity index (χ2v) is 9.16. The van der Waals surface area contributed by atoms with Crippen LogP contribution in [0.4, 0.5) is 0 Å². The second kappa shape index (κ2) is 7.65. The topological polar surface area (TPSA) is 74.9 Å². The summed E-state index contributed by atoms with van der Waals surface area (Å²) in [6.07, 6.45) is 0. The normalized spacial score (nSPS) is 16.2. The van der Waals surface area contributed by atoms with Gasteiger partial charge in [0.25, 0.3) is 11.5 Å². The Labute approximate surface area is 187 Å². The summed E-state index contributed by atoms with van der Waals surface area (Å²) < 4.78 is 11.7. The van der Waals surface area contributed by atoms with E-state index in [1.165, 1.54) is 16.9 Å². The van der Waals surface area contributed by atoms with Crippen molar-refractivity contribution in [3.8, 4) is 11.5 Å². The summed E-state index contributed by atoms with van der Waals surface area (Å²) in [5.74, 6) is 1.58. The van der Waals surface area contributed by atoms with Gasteiger partial charge in [0.15, 0.2) is 11.5 Å². The van der Waals surface area contributed by atoms with Gasteiger partial charge in [0, 0.05) is 48.3 Å². The molecule has 2 aliphatic rings. The smallest absolute Gasteiger partial charge is 0.264 e. The van der Waals surface area contributed by atoms with Gasteiger partial charge in [-0.05, 0) is 29.8 Å². The van der Waals surface area contributed by atoms with E-state index in [1.807, 2.05) is 41.3 Å². The summed E-state index contributed by atoms with van der Waals surface area (Å²) in [5, 5.41) is 1.55. The summed E-state index contributed by atoms with van der Waals surface area (Å²) in [4.78, 5) is 33.4.